The number of rotatable bonds is 4. The molecule has 2 aliphatic rings. The van der Waals surface area contributed by atoms with Gasteiger partial charge >= 0.3 is 6.03 Å². The highest BCUT2D eigenvalue weighted by Crippen LogP contribution is 2.30. The Morgan fingerprint density at radius 1 is 1.19 bits per heavy atom. The average Bonchev–Trinajstić information content (AvgIpc) is 2.94. The first-order valence-corrected chi connectivity index (χ1v) is 10.7. The summed E-state index contributed by atoms with van der Waals surface area (Å²) in [5, 5.41) is 6.09. The molecular formula is C24H24ClN3O3. The van der Waals surface area contributed by atoms with Crippen molar-refractivity contribution in [2.45, 2.75) is 44.8 Å². The smallest absolute Gasteiger partial charge is 0.319 e. The first-order valence-electron chi connectivity index (χ1n) is 10.3. The topological polar surface area (TPSA) is 78.5 Å². The summed E-state index contributed by atoms with van der Waals surface area (Å²) in [6.45, 7) is 4.68. The van der Waals surface area contributed by atoms with Crippen molar-refractivity contribution in [1.82, 2.24) is 10.2 Å². The molecule has 1 saturated carbocycles. The lowest BCUT2D eigenvalue weighted by Crippen LogP contribution is -2.40. The number of halogens is 1. The van der Waals surface area contributed by atoms with Crippen LogP contribution in [0.4, 0.5) is 10.5 Å². The van der Waals surface area contributed by atoms with Crippen LogP contribution in [0.15, 0.2) is 54.6 Å². The number of carbonyl (C=O) groups is 3. The molecule has 2 N–H and O–H groups in total. The molecule has 0 aromatic heterocycles. The second kappa shape index (κ2) is 8.94. The Bertz CT molecular complexity index is 1070. The number of ketones is 1. The van der Waals surface area contributed by atoms with Gasteiger partial charge in [-0.05, 0) is 54.7 Å². The largest absolute Gasteiger partial charge is 0.334 e. The number of fused-ring (bicyclic) bond motifs is 1. The minimum atomic E-state index is -0.385. The van der Waals surface area contributed by atoms with Gasteiger partial charge in [0.1, 0.15) is 0 Å². The van der Waals surface area contributed by atoms with Crippen LogP contribution >= 0.6 is 11.6 Å². The SMILES string of the molecule is C=C1CCCC(N2Cc3cc(CNC(=O)Nc4cccc(Cl)c4)ccc3C2=O)C(=O)C1. The van der Waals surface area contributed by atoms with Crippen molar-refractivity contribution in [3.05, 3.63) is 76.3 Å². The Kier molecular flexibility index (Phi) is 6.09. The van der Waals surface area contributed by atoms with E-state index in [2.05, 4.69) is 17.2 Å². The normalized spacial score (nSPS) is 18.5. The molecule has 0 spiro atoms. The van der Waals surface area contributed by atoms with Crippen LogP contribution in [0, 0.1) is 0 Å². The molecule has 160 valence electrons. The summed E-state index contributed by atoms with van der Waals surface area (Å²) < 4.78 is 0. The van der Waals surface area contributed by atoms with Crippen LogP contribution in [0.1, 0.15) is 47.2 Å². The van der Waals surface area contributed by atoms with Crippen LogP contribution in [-0.4, -0.2) is 28.7 Å². The van der Waals surface area contributed by atoms with Gasteiger partial charge in [-0.25, -0.2) is 4.79 Å². The maximum atomic E-state index is 12.9. The predicted molar refractivity (Wildman–Crippen MR) is 120 cm³/mol. The van der Waals surface area contributed by atoms with Crippen LogP contribution in [-0.2, 0) is 17.9 Å². The van der Waals surface area contributed by atoms with Crippen molar-refractivity contribution < 1.29 is 14.4 Å². The van der Waals surface area contributed by atoms with E-state index in [0.717, 1.165) is 29.5 Å². The van der Waals surface area contributed by atoms with Gasteiger partial charge in [0.15, 0.2) is 5.78 Å². The standard InChI is InChI=1S/C24H24ClN3O3/c1-15-4-2-7-21(22(29)10-15)28-14-17-11-16(8-9-20(17)23(28)30)13-26-24(31)27-19-6-3-5-18(25)12-19/h3,5-6,8-9,11-12,21H,1-2,4,7,10,13-14H2,(H2,26,27,31). The Balaban J connectivity index is 1.39. The van der Waals surface area contributed by atoms with Crippen molar-refractivity contribution in [3.63, 3.8) is 0 Å². The first-order chi connectivity index (χ1) is 14.9. The molecule has 1 aliphatic carbocycles. The van der Waals surface area contributed by atoms with E-state index in [1.165, 1.54) is 0 Å². The van der Waals surface area contributed by atoms with Gasteiger partial charge in [-0.1, -0.05) is 42.0 Å². The predicted octanol–water partition coefficient (Wildman–Crippen LogP) is 4.69. The molecule has 2 aromatic rings. The summed E-state index contributed by atoms with van der Waals surface area (Å²) in [5.74, 6) is -0.0256. The van der Waals surface area contributed by atoms with E-state index in [1.54, 1.807) is 35.2 Å². The molecule has 7 heteroatoms. The van der Waals surface area contributed by atoms with Gasteiger partial charge in [-0.3, -0.25) is 9.59 Å². The van der Waals surface area contributed by atoms with Gasteiger partial charge in [0.05, 0.1) is 6.04 Å². The van der Waals surface area contributed by atoms with Crippen LogP contribution in [0.25, 0.3) is 0 Å². The Morgan fingerprint density at radius 3 is 2.84 bits per heavy atom. The third kappa shape index (κ3) is 4.80. The maximum absolute atomic E-state index is 12.9. The third-order valence-corrected chi connectivity index (χ3v) is 5.95. The number of Topliss-reactive ketones (excluding diaryl/α,β-unsaturated/α-hetero) is 1. The molecule has 2 aromatic carbocycles. The molecule has 0 radical (unpaired) electrons. The maximum Gasteiger partial charge on any atom is 0.319 e. The van der Waals surface area contributed by atoms with Gasteiger partial charge < -0.3 is 15.5 Å². The lowest BCUT2D eigenvalue weighted by Gasteiger charge is -2.25. The third-order valence-electron chi connectivity index (χ3n) is 5.72. The molecule has 3 amide bonds. The second-order valence-electron chi connectivity index (χ2n) is 8.04. The molecule has 4 rings (SSSR count). The number of allylic oxidation sites excluding steroid dienone is 1. The monoisotopic (exact) mass is 437 g/mol. The zero-order valence-electron chi connectivity index (χ0n) is 17.1. The fourth-order valence-electron chi connectivity index (χ4n) is 4.17. The zero-order chi connectivity index (χ0) is 22.0. The van der Waals surface area contributed by atoms with Crippen molar-refractivity contribution in [2.24, 2.45) is 0 Å². The minimum absolute atomic E-state index is 0.0724. The number of nitrogens with one attached hydrogen (secondary N) is 2. The van der Waals surface area contributed by atoms with Crippen LogP contribution < -0.4 is 10.6 Å². The molecule has 0 saturated heterocycles. The molecule has 1 aliphatic heterocycles. The number of nitrogens with zero attached hydrogens (tertiary/aromatic N) is 1. The van der Waals surface area contributed by atoms with Crippen molar-refractivity contribution in [2.75, 3.05) is 5.32 Å². The van der Waals surface area contributed by atoms with E-state index >= 15 is 0 Å². The molecule has 6 nitrogen and oxygen atoms in total. The van der Waals surface area contributed by atoms with Gasteiger partial charge in [-0.15, -0.1) is 0 Å². The molecule has 31 heavy (non-hydrogen) atoms. The fraction of sp³-hybridized carbons (Fsp3) is 0.292. The Morgan fingerprint density at radius 2 is 2.03 bits per heavy atom. The zero-order valence-corrected chi connectivity index (χ0v) is 17.9. The average molecular weight is 438 g/mol. The number of carbonyl (C=O) groups excluding carboxylic acids is 3. The highest BCUT2D eigenvalue weighted by molar-refractivity contribution is 6.30. The fourth-order valence-corrected chi connectivity index (χ4v) is 4.36. The van der Waals surface area contributed by atoms with Crippen LogP contribution in [0.5, 0.6) is 0 Å². The number of anilines is 1. The Hall–Kier alpha value is -3.12. The summed E-state index contributed by atoms with van der Waals surface area (Å²) in [5.41, 5.74) is 3.95. The number of benzene rings is 2. The van der Waals surface area contributed by atoms with Crippen LogP contribution in [0.2, 0.25) is 5.02 Å². The summed E-state index contributed by atoms with van der Waals surface area (Å²) in [6, 6.07) is 11.7. The highest BCUT2D eigenvalue weighted by atomic mass is 35.5. The lowest BCUT2D eigenvalue weighted by molar-refractivity contribution is -0.122. The molecule has 1 heterocycles. The quantitative estimate of drug-likeness (QED) is 0.538. The number of hydrogen-bond acceptors (Lipinski definition) is 3. The van der Waals surface area contributed by atoms with Crippen LogP contribution in [0.3, 0.4) is 0 Å². The van der Waals surface area contributed by atoms with E-state index in [1.807, 2.05) is 12.1 Å². The van der Waals surface area contributed by atoms with Crippen molar-refractivity contribution in [1.29, 1.82) is 0 Å². The minimum Gasteiger partial charge on any atom is -0.334 e. The number of urea groups is 1. The van der Waals surface area contributed by atoms with E-state index in [-0.39, 0.29) is 23.8 Å². The lowest BCUT2D eigenvalue weighted by atomic mass is 10.1. The molecule has 1 atom stereocenters. The number of hydrogen-bond donors (Lipinski definition) is 2. The molecule has 0 bridgehead atoms. The van der Waals surface area contributed by atoms with Gasteiger partial charge in [0.25, 0.3) is 5.91 Å². The van der Waals surface area contributed by atoms with E-state index < -0.39 is 0 Å². The second-order valence-corrected chi connectivity index (χ2v) is 8.48. The summed E-state index contributed by atoms with van der Waals surface area (Å²) >= 11 is 5.93. The summed E-state index contributed by atoms with van der Waals surface area (Å²) in [4.78, 5) is 39.4. The summed E-state index contributed by atoms with van der Waals surface area (Å²) in [6.07, 6.45) is 2.73. The first kappa shape index (κ1) is 21.1. The molecule has 1 unspecified atom stereocenters. The van der Waals surface area contributed by atoms with Gasteiger partial charge in [0.2, 0.25) is 0 Å². The van der Waals surface area contributed by atoms with E-state index in [0.29, 0.717) is 42.2 Å². The van der Waals surface area contributed by atoms with E-state index in [9.17, 15) is 14.4 Å². The van der Waals surface area contributed by atoms with Crippen molar-refractivity contribution in [3.8, 4) is 0 Å². The molecular weight excluding hydrogens is 414 g/mol. The number of amides is 3. The van der Waals surface area contributed by atoms with Gasteiger partial charge in [-0.2, -0.15) is 0 Å². The highest BCUT2D eigenvalue weighted by Gasteiger charge is 2.36. The van der Waals surface area contributed by atoms with Gasteiger partial charge in [0, 0.05) is 35.8 Å². The summed E-state index contributed by atoms with van der Waals surface area (Å²) in [7, 11) is 0. The Labute approximate surface area is 186 Å². The molecule has 1 fully saturated rings. The van der Waals surface area contributed by atoms with Crippen molar-refractivity contribution >= 4 is 35.0 Å². The van der Waals surface area contributed by atoms with E-state index in [4.69, 9.17) is 11.6 Å².